The van der Waals surface area contributed by atoms with Crippen LogP contribution in [0.15, 0.2) is 12.1 Å². The lowest BCUT2D eigenvalue weighted by atomic mass is 10.3. The molecule has 0 aliphatic heterocycles. The molecular weight excluding hydrogens is 210 g/mol. The van der Waals surface area contributed by atoms with E-state index in [1.54, 1.807) is 12.1 Å². The van der Waals surface area contributed by atoms with Crippen LogP contribution in [0.1, 0.15) is 5.69 Å². The molecule has 16 heavy (non-hydrogen) atoms. The second-order valence-electron chi connectivity index (χ2n) is 2.84. The molecule has 7 heteroatoms. The normalized spacial score (nSPS) is 9.19. The van der Waals surface area contributed by atoms with Crippen molar-refractivity contribution in [2.24, 2.45) is 5.73 Å². The molecule has 0 bridgehead atoms. The Bertz CT molecular complexity index is 426. The lowest BCUT2D eigenvalue weighted by Crippen LogP contribution is -2.18. The first-order valence-electron chi connectivity index (χ1n) is 4.46. The van der Waals surface area contributed by atoms with Gasteiger partial charge in [-0.05, 0) is 12.1 Å². The van der Waals surface area contributed by atoms with E-state index < -0.39 is 6.09 Å². The molecule has 0 spiro atoms. The van der Waals surface area contributed by atoms with Gasteiger partial charge in [-0.3, -0.25) is 0 Å². The number of hydrogen-bond donors (Lipinski definition) is 3. The van der Waals surface area contributed by atoms with Crippen molar-refractivity contribution in [1.29, 1.82) is 5.26 Å². The van der Waals surface area contributed by atoms with Gasteiger partial charge in [0.2, 0.25) is 0 Å². The smallest absolute Gasteiger partial charge is 0.404 e. The molecule has 1 rings (SSSR count). The monoisotopic (exact) mass is 221 g/mol. The zero-order chi connectivity index (χ0) is 12.0. The number of hydrogen-bond acceptors (Lipinski definition) is 6. The summed E-state index contributed by atoms with van der Waals surface area (Å²) in [5, 5.41) is 11.5. The number of nitrogens with zero attached hydrogens (tertiary/aromatic N) is 2. The average Bonchev–Trinajstić information content (AvgIpc) is 2.26. The fourth-order valence-corrected chi connectivity index (χ4v) is 0.989. The zero-order valence-corrected chi connectivity index (χ0v) is 8.43. The Morgan fingerprint density at radius 1 is 1.62 bits per heavy atom. The molecule has 0 atom stereocenters. The number of nitrogens with two attached hydrogens (primary N) is 2. The first-order valence-corrected chi connectivity index (χ1v) is 4.46. The summed E-state index contributed by atoms with van der Waals surface area (Å²) < 4.78 is 4.50. The third kappa shape index (κ3) is 3.34. The number of amides is 1. The minimum atomic E-state index is -0.829. The van der Waals surface area contributed by atoms with E-state index in [4.69, 9.17) is 16.7 Å². The van der Waals surface area contributed by atoms with Gasteiger partial charge in [0.25, 0.3) is 0 Å². The first kappa shape index (κ1) is 11.6. The van der Waals surface area contributed by atoms with Gasteiger partial charge in [0.05, 0.1) is 12.2 Å². The predicted molar refractivity (Wildman–Crippen MR) is 57.4 cm³/mol. The first-order chi connectivity index (χ1) is 7.63. The number of primary amides is 1. The summed E-state index contributed by atoms with van der Waals surface area (Å²) in [6, 6.07) is 5.06. The highest BCUT2D eigenvalue weighted by molar-refractivity contribution is 5.64. The van der Waals surface area contributed by atoms with Gasteiger partial charge >= 0.3 is 6.09 Å². The predicted octanol–water partition coefficient (Wildman–Crippen LogP) is 0.0427. The van der Waals surface area contributed by atoms with Crippen LogP contribution in [0.5, 0.6) is 0 Å². The Labute approximate surface area is 92.0 Å². The highest BCUT2D eigenvalue weighted by Gasteiger charge is 2.01. The van der Waals surface area contributed by atoms with Gasteiger partial charge < -0.3 is 21.5 Å². The van der Waals surface area contributed by atoms with Crippen LogP contribution in [0.2, 0.25) is 0 Å². The standard InChI is InChI=1S/C9H11N5O2/c10-5-7-6(11)1-2-8(14-7)13-3-4-16-9(12)15/h1-2H,3-4,11H2,(H2,12,15)(H,13,14). The molecule has 1 heterocycles. The minimum Gasteiger partial charge on any atom is -0.448 e. The Kier molecular flexibility index (Phi) is 3.91. The van der Waals surface area contributed by atoms with Gasteiger partial charge in [-0.1, -0.05) is 0 Å². The van der Waals surface area contributed by atoms with Crippen molar-refractivity contribution in [3.8, 4) is 6.07 Å². The Balaban J connectivity index is 2.49. The maximum atomic E-state index is 10.3. The van der Waals surface area contributed by atoms with E-state index in [-0.39, 0.29) is 12.3 Å². The lowest BCUT2D eigenvalue weighted by molar-refractivity contribution is 0.161. The number of nitrogen functional groups attached to an aromatic ring is 1. The molecule has 0 aromatic carbocycles. The molecule has 0 fully saturated rings. The third-order valence-electron chi connectivity index (χ3n) is 1.68. The molecule has 7 nitrogen and oxygen atoms in total. The third-order valence-corrected chi connectivity index (χ3v) is 1.68. The molecule has 84 valence electrons. The molecule has 0 unspecified atom stereocenters. The van der Waals surface area contributed by atoms with Crippen LogP contribution in [-0.4, -0.2) is 24.2 Å². The topological polar surface area (TPSA) is 127 Å². The molecule has 0 radical (unpaired) electrons. The number of pyridine rings is 1. The summed E-state index contributed by atoms with van der Waals surface area (Å²) in [7, 11) is 0. The second kappa shape index (κ2) is 5.41. The molecule has 0 aliphatic rings. The van der Waals surface area contributed by atoms with E-state index in [1.165, 1.54) is 0 Å². The SMILES string of the molecule is N#Cc1nc(NCCOC(N)=O)ccc1N. The quantitative estimate of drug-likeness (QED) is 0.616. The number of carbonyl (C=O) groups excluding carboxylic acids is 1. The molecule has 5 N–H and O–H groups in total. The maximum Gasteiger partial charge on any atom is 0.404 e. The van der Waals surface area contributed by atoms with E-state index in [0.717, 1.165) is 0 Å². The molecule has 0 saturated heterocycles. The zero-order valence-electron chi connectivity index (χ0n) is 8.43. The number of ether oxygens (including phenoxy) is 1. The summed E-state index contributed by atoms with van der Waals surface area (Å²) in [4.78, 5) is 14.2. The van der Waals surface area contributed by atoms with E-state index in [0.29, 0.717) is 18.1 Å². The van der Waals surface area contributed by atoms with Gasteiger partial charge in [-0.25, -0.2) is 9.78 Å². The van der Waals surface area contributed by atoms with Gasteiger partial charge in [-0.2, -0.15) is 5.26 Å². The number of carbonyl (C=O) groups is 1. The van der Waals surface area contributed by atoms with Crippen molar-refractivity contribution in [3.05, 3.63) is 17.8 Å². The number of aromatic nitrogens is 1. The van der Waals surface area contributed by atoms with Crippen molar-refractivity contribution in [3.63, 3.8) is 0 Å². The van der Waals surface area contributed by atoms with Gasteiger partial charge in [0.1, 0.15) is 18.5 Å². The van der Waals surface area contributed by atoms with Crippen molar-refractivity contribution in [2.75, 3.05) is 24.2 Å². The summed E-state index contributed by atoms with van der Waals surface area (Å²) >= 11 is 0. The number of nitrogens with one attached hydrogen (secondary N) is 1. The maximum absolute atomic E-state index is 10.3. The number of rotatable bonds is 4. The van der Waals surface area contributed by atoms with Crippen LogP contribution in [0.25, 0.3) is 0 Å². The lowest BCUT2D eigenvalue weighted by Gasteiger charge is -2.06. The van der Waals surface area contributed by atoms with Crippen LogP contribution in [0.3, 0.4) is 0 Å². The molecule has 1 aromatic rings. The van der Waals surface area contributed by atoms with Gasteiger partial charge in [0, 0.05) is 0 Å². The van der Waals surface area contributed by atoms with Crippen molar-refractivity contribution in [2.45, 2.75) is 0 Å². The van der Waals surface area contributed by atoms with E-state index in [2.05, 4.69) is 15.0 Å². The van der Waals surface area contributed by atoms with Crippen LogP contribution >= 0.6 is 0 Å². The van der Waals surface area contributed by atoms with Crippen molar-refractivity contribution < 1.29 is 9.53 Å². The van der Waals surface area contributed by atoms with Crippen molar-refractivity contribution in [1.82, 2.24) is 4.98 Å². The molecular formula is C9H11N5O2. The van der Waals surface area contributed by atoms with Crippen LogP contribution < -0.4 is 16.8 Å². The fraction of sp³-hybridized carbons (Fsp3) is 0.222. The Morgan fingerprint density at radius 2 is 2.38 bits per heavy atom. The van der Waals surface area contributed by atoms with E-state index >= 15 is 0 Å². The number of nitriles is 1. The summed E-state index contributed by atoms with van der Waals surface area (Å²) in [6.45, 7) is 0.480. The van der Waals surface area contributed by atoms with Crippen LogP contribution in [0, 0.1) is 11.3 Å². The van der Waals surface area contributed by atoms with E-state index in [9.17, 15) is 4.79 Å². The minimum absolute atomic E-state index is 0.128. The second-order valence-corrected chi connectivity index (χ2v) is 2.84. The largest absolute Gasteiger partial charge is 0.448 e. The van der Waals surface area contributed by atoms with Crippen molar-refractivity contribution >= 4 is 17.6 Å². The van der Waals surface area contributed by atoms with Crippen LogP contribution in [-0.2, 0) is 4.74 Å². The highest BCUT2D eigenvalue weighted by Crippen LogP contribution is 2.11. The summed E-state index contributed by atoms with van der Waals surface area (Å²) in [5.74, 6) is 0.485. The van der Waals surface area contributed by atoms with Gasteiger partial charge in [-0.15, -0.1) is 0 Å². The summed E-state index contributed by atoms with van der Waals surface area (Å²) in [6.07, 6.45) is -0.829. The number of anilines is 2. The summed E-state index contributed by atoms with van der Waals surface area (Å²) in [5.41, 5.74) is 10.7. The Hall–Kier alpha value is -2.49. The molecule has 0 aliphatic carbocycles. The average molecular weight is 221 g/mol. The Morgan fingerprint density at radius 3 is 3.00 bits per heavy atom. The molecule has 1 aromatic heterocycles. The van der Waals surface area contributed by atoms with Gasteiger partial charge in [0.15, 0.2) is 5.69 Å². The van der Waals surface area contributed by atoms with Crippen LogP contribution in [0.4, 0.5) is 16.3 Å². The fourth-order valence-electron chi connectivity index (χ4n) is 0.989. The van der Waals surface area contributed by atoms with E-state index in [1.807, 2.05) is 6.07 Å². The molecule has 0 saturated carbocycles. The molecule has 1 amide bonds. The highest BCUT2D eigenvalue weighted by atomic mass is 16.5.